The van der Waals surface area contributed by atoms with E-state index in [1.165, 1.54) is 10.7 Å². The molecule has 1 amide bonds. The maximum Gasteiger partial charge on any atom is 0.293 e. The lowest BCUT2D eigenvalue weighted by molar-refractivity contribution is 0.0610. The summed E-state index contributed by atoms with van der Waals surface area (Å²) < 4.78 is 15.6. The summed E-state index contributed by atoms with van der Waals surface area (Å²) in [6.07, 6.45) is 2.92. The highest BCUT2D eigenvalue weighted by Crippen LogP contribution is 2.22. The lowest BCUT2D eigenvalue weighted by Gasteiger charge is -2.34. The van der Waals surface area contributed by atoms with E-state index in [4.69, 9.17) is 5.73 Å². The highest BCUT2D eigenvalue weighted by molar-refractivity contribution is 5.90. The number of rotatable bonds is 4. The van der Waals surface area contributed by atoms with Crippen LogP contribution in [0, 0.1) is 5.82 Å². The summed E-state index contributed by atoms with van der Waals surface area (Å²) in [6.45, 7) is 4.97. The third-order valence-electron chi connectivity index (χ3n) is 4.58. The minimum atomic E-state index is -0.397. The van der Waals surface area contributed by atoms with E-state index >= 15 is 0 Å². The van der Waals surface area contributed by atoms with Crippen molar-refractivity contribution in [2.24, 2.45) is 5.73 Å². The molecule has 2 aromatic rings. The van der Waals surface area contributed by atoms with Crippen LogP contribution in [-0.2, 0) is 0 Å². The maximum absolute atomic E-state index is 14.2. The third kappa shape index (κ3) is 3.88. The molecule has 26 heavy (non-hydrogen) atoms. The fourth-order valence-corrected chi connectivity index (χ4v) is 3.23. The van der Waals surface area contributed by atoms with Gasteiger partial charge in [0.05, 0.1) is 0 Å². The largest absolute Gasteiger partial charge is 0.332 e. The normalized spacial score (nSPS) is 17.3. The topological polar surface area (TPSA) is 77.0 Å². The van der Waals surface area contributed by atoms with Crippen LogP contribution in [0.3, 0.4) is 0 Å². The highest BCUT2D eigenvalue weighted by atomic mass is 35.5. The summed E-state index contributed by atoms with van der Waals surface area (Å²) >= 11 is 0. The number of aromatic nitrogens is 3. The molecule has 1 aliphatic heterocycles. The molecule has 1 fully saturated rings. The van der Waals surface area contributed by atoms with Crippen molar-refractivity contribution >= 4 is 18.3 Å². The van der Waals surface area contributed by atoms with Crippen LogP contribution >= 0.6 is 12.4 Å². The lowest BCUT2D eigenvalue weighted by atomic mass is 10.0. The van der Waals surface area contributed by atoms with E-state index in [0.717, 1.165) is 19.3 Å². The number of carbonyl (C=O) groups is 1. The molecular weight excluding hydrogens is 357 g/mol. The molecule has 1 unspecified atom stereocenters. The average molecular weight is 382 g/mol. The Morgan fingerprint density at radius 1 is 1.35 bits per heavy atom. The molecule has 0 radical (unpaired) electrons. The van der Waals surface area contributed by atoms with Gasteiger partial charge in [0.15, 0.2) is 0 Å². The van der Waals surface area contributed by atoms with Crippen molar-refractivity contribution in [2.75, 3.05) is 13.1 Å². The smallest absolute Gasteiger partial charge is 0.293 e. The summed E-state index contributed by atoms with van der Waals surface area (Å²) in [5.41, 5.74) is 6.11. The first kappa shape index (κ1) is 20.3. The number of benzene rings is 1. The van der Waals surface area contributed by atoms with Gasteiger partial charge in [-0.2, -0.15) is 0 Å². The Bertz CT molecular complexity index is 764. The van der Waals surface area contributed by atoms with E-state index in [2.05, 4.69) is 10.1 Å². The van der Waals surface area contributed by atoms with Gasteiger partial charge in [-0.15, -0.1) is 17.5 Å². The molecule has 0 bridgehead atoms. The molecule has 1 aromatic carbocycles. The SMILES string of the molecule is CC(C)c1nc(C(=O)N2CCCCC2CN)nn1-c1ccccc1F.Cl. The van der Waals surface area contributed by atoms with Crippen LogP contribution in [0.15, 0.2) is 24.3 Å². The first-order chi connectivity index (χ1) is 12.0. The van der Waals surface area contributed by atoms with E-state index in [9.17, 15) is 9.18 Å². The second kappa shape index (κ2) is 8.60. The van der Waals surface area contributed by atoms with E-state index < -0.39 is 5.82 Å². The Hall–Kier alpha value is -1.99. The minimum Gasteiger partial charge on any atom is -0.332 e. The van der Waals surface area contributed by atoms with Gasteiger partial charge in [0.2, 0.25) is 5.82 Å². The van der Waals surface area contributed by atoms with Crippen molar-refractivity contribution in [2.45, 2.75) is 45.1 Å². The van der Waals surface area contributed by atoms with E-state index in [0.29, 0.717) is 24.6 Å². The molecule has 0 spiro atoms. The fourth-order valence-electron chi connectivity index (χ4n) is 3.23. The van der Waals surface area contributed by atoms with Crippen molar-refractivity contribution in [3.8, 4) is 5.69 Å². The summed E-state index contributed by atoms with van der Waals surface area (Å²) in [5.74, 6) is 0.0422. The summed E-state index contributed by atoms with van der Waals surface area (Å²) in [6, 6.07) is 6.38. The van der Waals surface area contributed by atoms with Gasteiger partial charge in [-0.25, -0.2) is 14.1 Å². The van der Waals surface area contributed by atoms with Crippen LogP contribution in [0.4, 0.5) is 4.39 Å². The molecule has 2 heterocycles. The molecule has 0 saturated carbocycles. The number of halogens is 2. The van der Waals surface area contributed by atoms with E-state index in [-0.39, 0.29) is 36.1 Å². The summed E-state index contributed by atoms with van der Waals surface area (Å²) in [4.78, 5) is 19.1. The predicted octanol–water partition coefficient (Wildman–Crippen LogP) is 2.91. The van der Waals surface area contributed by atoms with Crippen molar-refractivity contribution in [3.05, 3.63) is 41.7 Å². The van der Waals surface area contributed by atoms with Gasteiger partial charge in [-0.1, -0.05) is 26.0 Å². The van der Waals surface area contributed by atoms with E-state index in [1.807, 2.05) is 13.8 Å². The monoisotopic (exact) mass is 381 g/mol. The molecule has 8 heteroatoms. The first-order valence-electron chi connectivity index (χ1n) is 8.75. The Labute approximate surface area is 159 Å². The van der Waals surface area contributed by atoms with Crippen LogP contribution in [0.1, 0.15) is 55.5 Å². The molecule has 2 N–H and O–H groups in total. The highest BCUT2D eigenvalue weighted by Gasteiger charge is 2.30. The molecule has 1 aromatic heterocycles. The second-order valence-corrected chi connectivity index (χ2v) is 6.70. The average Bonchev–Trinajstić information content (AvgIpc) is 3.07. The number of hydrogen-bond acceptors (Lipinski definition) is 4. The Morgan fingerprint density at radius 3 is 2.73 bits per heavy atom. The van der Waals surface area contributed by atoms with E-state index in [1.54, 1.807) is 23.1 Å². The summed E-state index contributed by atoms with van der Waals surface area (Å²) in [5, 5.41) is 4.34. The molecule has 0 aliphatic carbocycles. The number of carbonyl (C=O) groups excluding carboxylic acids is 1. The quantitative estimate of drug-likeness (QED) is 0.883. The molecule has 3 rings (SSSR count). The number of para-hydroxylation sites is 1. The van der Waals surface area contributed by atoms with Gasteiger partial charge < -0.3 is 10.6 Å². The van der Waals surface area contributed by atoms with Gasteiger partial charge in [0, 0.05) is 25.0 Å². The van der Waals surface area contributed by atoms with Crippen molar-refractivity contribution < 1.29 is 9.18 Å². The molecular formula is C18H25ClFN5O. The van der Waals surface area contributed by atoms with Crippen LogP contribution < -0.4 is 5.73 Å². The van der Waals surface area contributed by atoms with Gasteiger partial charge in [0.1, 0.15) is 17.3 Å². The minimum absolute atomic E-state index is 0. The van der Waals surface area contributed by atoms with Crippen LogP contribution in [0.5, 0.6) is 0 Å². The molecule has 1 atom stereocenters. The zero-order valence-corrected chi connectivity index (χ0v) is 15.9. The Balaban J connectivity index is 0.00000243. The van der Waals surface area contributed by atoms with Gasteiger partial charge >= 0.3 is 0 Å². The van der Waals surface area contributed by atoms with Crippen LogP contribution in [-0.4, -0.2) is 44.7 Å². The number of likely N-dealkylation sites (tertiary alicyclic amines) is 1. The zero-order valence-electron chi connectivity index (χ0n) is 15.1. The molecule has 142 valence electrons. The van der Waals surface area contributed by atoms with Crippen molar-refractivity contribution in [3.63, 3.8) is 0 Å². The van der Waals surface area contributed by atoms with Gasteiger partial charge in [0.25, 0.3) is 5.91 Å². The molecule has 1 aliphatic rings. The fraction of sp³-hybridized carbons (Fsp3) is 0.500. The number of piperidine rings is 1. The van der Waals surface area contributed by atoms with Gasteiger partial charge in [-0.3, -0.25) is 4.79 Å². The number of amides is 1. The van der Waals surface area contributed by atoms with Crippen molar-refractivity contribution in [1.82, 2.24) is 19.7 Å². The molecule has 6 nitrogen and oxygen atoms in total. The summed E-state index contributed by atoms with van der Waals surface area (Å²) in [7, 11) is 0. The number of nitrogens with two attached hydrogens (primary N) is 1. The van der Waals surface area contributed by atoms with Gasteiger partial charge in [-0.05, 0) is 31.4 Å². The molecule has 1 saturated heterocycles. The van der Waals surface area contributed by atoms with Crippen LogP contribution in [0.25, 0.3) is 5.69 Å². The first-order valence-corrected chi connectivity index (χ1v) is 8.75. The maximum atomic E-state index is 14.2. The number of hydrogen-bond donors (Lipinski definition) is 1. The standard InChI is InChI=1S/C18H24FN5O.ClH/c1-12(2)17-21-16(18(25)23-10-6-5-7-13(23)11-20)22-24(17)15-9-4-3-8-14(15)19;/h3-4,8-9,12-13H,5-7,10-11,20H2,1-2H3;1H. The Morgan fingerprint density at radius 2 is 2.08 bits per heavy atom. The van der Waals surface area contributed by atoms with Crippen LogP contribution in [0.2, 0.25) is 0 Å². The second-order valence-electron chi connectivity index (χ2n) is 6.70. The zero-order chi connectivity index (χ0) is 18.0. The lowest BCUT2D eigenvalue weighted by Crippen LogP contribution is -2.47. The third-order valence-corrected chi connectivity index (χ3v) is 4.58. The van der Waals surface area contributed by atoms with Crippen molar-refractivity contribution in [1.29, 1.82) is 0 Å². The predicted molar refractivity (Wildman–Crippen MR) is 100 cm³/mol. The Kier molecular flexibility index (Phi) is 6.72. The number of nitrogens with zero attached hydrogens (tertiary/aromatic N) is 4.